The molecule has 0 unspecified atom stereocenters. The number of thiazole rings is 1. The Morgan fingerprint density at radius 3 is 2.68 bits per heavy atom. The molecule has 120 valence electrons. The minimum atomic E-state index is -3.08. The molecule has 0 radical (unpaired) electrons. The summed E-state index contributed by atoms with van der Waals surface area (Å²) in [7, 11) is -3.08. The average molecular weight is 341 g/mol. The van der Waals surface area contributed by atoms with E-state index in [0.29, 0.717) is 31.9 Å². The third-order valence-corrected chi connectivity index (χ3v) is 8.01. The summed E-state index contributed by atoms with van der Waals surface area (Å²) in [5.41, 5.74) is 0.487. The maximum absolute atomic E-state index is 12.3. The van der Waals surface area contributed by atoms with Crippen LogP contribution in [0.1, 0.15) is 34.8 Å². The van der Waals surface area contributed by atoms with E-state index in [0.717, 1.165) is 24.3 Å². The van der Waals surface area contributed by atoms with E-state index in [9.17, 15) is 13.2 Å². The lowest BCUT2D eigenvalue weighted by atomic mass is 9.79. The molecule has 1 aromatic rings. The monoisotopic (exact) mass is 341 g/mol. The number of nitrogens with zero attached hydrogens (tertiary/aromatic N) is 3. The summed E-state index contributed by atoms with van der Waals surface area (Å²) in [5.74, 6) is -0.0292. The van der Waals surface area contributed by atoms with E-state index in [1.54, 1.807) is 14.6 Å². The van der Waals surface area contributed by atoms with Crippen molar-refractivity contribution in [2.45, 2.75) is 31.4 Å². The minimum Gasteiger partial charge on any atom is -0.336 e. The van der Waals surface area contributed by atoms with Crippen molar-refractivity contribution in [2.75, 3.05) is 26.2 Å². The van der Waals surface area contributed by atoms with Gasteiger partial charge >= 0.3 is 0 Å². The normalized spacial score (nSPS) is 24.7. The highest BCUT2D eigenvalue weighted by atomic mass is 32.2. The minimum absolute atomic E-state index is 0.0251. The number of carbonyl (C=O) groups excluding carboxylic acids is 1. The Labute approximate surface area is 134 Å². The van der Waals surface area contributed by atoms with E-state index < -0.39 is 10.0 Å². The van der Waals surface area contributed by atoms with Crippen molar-refractivity contribution < 1.29 is 13.2 Å². The first-order valence-electron chi connectivity index (χ1n) is 7.60. The van der Waals surface area contributed by atoms with Gasteiger partial charge in [-0.25, -0.2) is 17.7 Å². The van der Waals surface area contributed by atoms with Gasteiger partial charge in [-0.05, 0) is 26.2 Å². The molecule has 0 N–H and O–H groups in total. The average Bonchev–Trinajstić information content (AvgIpc) is 3.06. The Balaban J connectivity index is 1.40. The Hall–Kier alpha value is -0.990. The first-order chi connectivity index (χ1) is 10.4. The molecule has 1 aromatic heterocycles. The fourth-order valence-corrected chi connectivity index (χ4v) is 6.02. The molecular weight excluding hydrogens is 322 g/mol. The Morgan fingerprint density at radius 1 is 1.36 bits per heavy atom. The zero-order valence-corrected chi connectivity index (χ0v) is 14.1. The number of sulfonamides is 1. The maximum Gasteiger partial charge on any atom is 0.273 e. The van der Waals surface area contributed by atoms with E-state index >= 15 is 0 Å². The van der Waals surface area contributed by atoms with Crippen LogP contribution in [0, 0.1) is 12.3 Å². The lowest BCUT2D eigenvalue weighted by molar-refractivity contribution is 0.0132. The molecule has 3 aliphatic rings. The number of carbonyl (C=O) groups is 1. The summed E-state index contributed by atoms with van der Waals surface area (Å²) in [6, 6.07) is 0. The number of aryl methyl sites for hydroxylation is 1. The molecular formula is C14H19N3O3S2. The van der Waals surface area contributed by atoms with Crippen molar-refractivity contribution in [3.8, 4) is 0 Å². The van der Waals surface area contributed by atoms with Crippen molar-refractivity contribution in [1.29, 1.82) is 0 Å². The van der Waals surface area contributed by atoms with Gasteiger partial charge in [0.2, 0.25) is 10.0 Å². The summed E-state index contributed by atoms with van der Waals surface area (Å²) >= 11 is 1.48. The topological polar surface area (TPSA) is 70.6 Å². The zero-order chi connectivity index (χ0) is 15.5. The van der Waals surface area contributed by atoms with Crippen molar-refractivity contribution in [1.82, 2.24) is 14.2 Å². The predicted molar refractivity (Wildman–Crippen MR) is 83.3 cm³/mol. The predicted octanol–water partition coefficient (Wildman–Crippen LogP) is 1.09. The van der Waals surface area contributed by atoms with Crippen LogP contribution < -0.4 is 0 Å². The number of rotatable bonds is 3. The van der Waals surface area contributed by atoms with Gasteiger partial charge in [0, 0.05) is 37.0 Å². The van der Waals surface area contributed by atoms with E-state index in [-0.39, 0.29) is 16.6 Å². The highest BCUT2D eigenvalue weighted by Gasteiger charge is 2.53. The molecule has 2 aliphatic heterocycles. The number of amides is 1. The van der Waals surface area contributed by atoms with Gasteiger partial charge in [-0.1, -0.05) is 0 Å². The molecule has 8 heteroatoms. The Bertz CT molecular complexity index is 717. The van der Waals surface area contributed by atoms with Crippen LogP contribution in [0.4, 0.5) is 0 Å². The van der Waals surface area contributed by atoms with E-state index in [4.69, 9.17) is 0 Å². The molecule has 6 nitrogen and oxygen atoms in total. The van der Waals surface area contributed by atoms with Crippen LogP contribution >= 0.6 is 11.3 Å². The summed E-state index contributed by atoms with van der Waals surface area (Å²) in [5, 5.41) is 2.54. The largest absolute Gasteiger partial charge is 0.336 e. The summed E-state index contributed by atoms with van der Waals surface area (Å²) < 4.78 is 26.3. The van der Waals surface area contributed by atoms with Crippen LogP contribution in [0.15, 0.2) is 5.38 Å². The molecule has 0 bridgehead atoms. The van der Waals surface area contributed by atoms with Crippen LogP contribution in [0.5, 0.6) is 0 Å². The summed E-state index contributed by atoms with van der Waals surface area (Å²) in [6.45, 7) is 4.37. The molecule has 0 atom stereocenters. The van der Waals surface area contributed by atoms with Crippen molar-refractivity contribution in [3.05, 3.63) is 16.1 Å². The molecule has 4 rings (SSSR count). The van der Waals surface area contributed by atoms with Gasteiger partial charge in [-0.15, -0.1) is 11.3 Å². The van der Waals surface area contributed by atoms with Gasteiger partial charge in [-0.3, -0.25) is 4.79 Å². The van der Waals surface area contributed by atoms with Crippen molar-refractivity contribution in [3.63, 3.8) is 0 Å². The SMILES string of the molecule is Cc1nc(C(=O)N2CC3(CCN(S(=O)(=O)C4CC4)C3)C2)cs1. The Kier molecular flexibility index (Phi) is 3.15. The van der Waals surface area contributed by atoms with E-state index in [1.165, 1.54) is 11.3 Å². The van der Waals surface area contributed by atoms with Crippen LogP contribution in [0.25, 0.3) is 0 Å². The molecule has 1 amide bonds. The zero-order valence-electron chi connectivity index (χ0n) is 12.5. The second-order valence-corrected chi connectivity index (χ2v) is 10.0. The fraction of sp³-hybridized carbons (Fsp3) is 0.714. The maximum atomic E-state index is 12.3. The quantitative estimate of drug-likeness (QED) is 0.825. The number of hydrogen-bond acceptors (Lipinski definition) is 5. The number of hydrogen-bond donors (Lipinski definition) is 0. The van der Waals surface area contributed by atoms with Crippen molar-refractivity contribution in [2.24, 2.45) is 5.41 Å². The molecule has 1 saturated carbocycles. The molecule has 1 spiro atoms. The summed E-state index contributed by atoms with van der Waals surface area (Å²) in [4.78, 5) is 18.3. The van der Waals surface area contributed by atoms with Gasteiger partial charge in [0.25, 0.3) is 5.91 Å². The van der Waals surface area contributed by atoms with Gasteiger partial charge < -0.3 is 4.90 Å². The standard InChI is InChI=1S/C14H19N3O3S2/c1-10-15-12(6-21-10)13(18)16-7-14(8-16)4-5-17(9-14)22(19,20)11-2-3-11/h6,11H,2-5,7-9H2,1H3. The molecule has 1 aliphatic carbocycles. The number of aromatic nitrogens is 1. The van der Waals surface area contributed by atoms with Gasteiger partial charge in [0.15, 0.2) is 0 Å². The first kappa shape index (κ1) is 14.6. The Morgan fingerprint density at radius 2 is 2.09 bits per heavy atom. The smallest absolute Gasteiger partial charge is 0.273 e. The lowest BCUT2D eigenvalue weighted by Gasteiger charge is -2.47. The third-order valence-electron chi connectivity index (χ3n) is 4.89. The first-order valence-corrected chi connectivity index (χ1v) is 9.98. The molecule has 22 heavy (non-hydrogen) atoms. The molecule has 3 fully saturated rings. The van der Waals surface area contributed by atoms with Crippen LogP contribution in [-0.2, 0) is 10.0 Å². The fourth-order valence-electron chi connectivity index (χ4n) is 3.48. The number of likely N-dealkylation sites (tertiary alicyclic amines) is 1. The van der Waals surface area contributed by atoms with Crippen LogP contribution in [-0.4, -0.2) is 59.9 Å². The third kappa shape index (κ3) is 2.28. The van der Waals surface area contributed by atoms with E-state index in [1.807, 2.05) is 6.92 Å². The van der Waals surface area contributed by atoms with E-state index in [2.05, 4.69) is 4.98 Å². The van der Waals surface area contributed by atoms with Gasteiger partial charge in [0.05, 0.1) is 10.3 Å². The highest BCUT2D eigenvalue weighted by Crippen LogP contribution is 2.43. The van der Waals surface area contributed by atoms with Crippen molar-refractivity contribution >= 4 is 27.3 Å². The molecule has 3 heterocycles. The lowest BCUT2D eigenvalue weighted by Crippen LogP contribution is -2.59. The van der Waals surface area contributed by atoms with Crippen LogP contribution in [0.3, 0.4) is 0 Å². The second kappa shape index (κ2) is 4.75. The van der Waals surface area contributed by atoms with Crippen LogP contribution in [0.2, 0.25) is 0 Å². The van der Waals surface area contributed by atoms with Gasteiger partial charge in [0.1, 0.15) is 5.69 Å². The summed E-state index contributed by atoms with van der Waals surface area (Å²) in [6.07, 6.45) is 2.47. The second-order valence-electron chi connectivity index (χ2n) is 6.74. The molecule has 2 saturated heterocycles. The van der Waals surface area contributed by atoms with Gasteiger partial charge in [-0.2, -0.15) is 0 Å². The highest BCUT2D eigenvalue weighted by molar-refractivity contribution is 7.90. The molecule has 0 aromatic carbocycles.